The maximum atomic E-state index is 12.2. The van der Waals surface area contributed by atoms with Crippen LogP contribution in [0, 0.1) is 5.92 Å². The van der Waals surface area contributed by atoms with Gasteiger partial charge in [0.05, 0.1) is 0 Å². The van der Waals surface area contributed by atoms with E-state index in [0.717, 1.165) is 31.2 Å². The molecule has 1 aromatic heterocycles. The van der Waals surface area contributed by atoms with Crippen LogP contribution in [0.1, 0.15) is 78.2 Å². The summed E-state index contributed by atoms with van der Waals surface area (Å²) in [5.74, 6) is -2.65. The fraction of sp³-hybridized carbons (Fsp3) is 0.500. The molecule has 1 aromatic carbocycles. The minimum Gasteiger partial charge on any atom is -0.480 e. The Bertz CT molecular complexity index is 1030. The van der Waals surface area contributed by atoms with E-state index in [1.165, 1.54) is 0 Å². The lowest BCUT2D eigenvalue weighted by Crippen LogP contribution is -2.41. The number of rotatable bonds is 13. The Kier molecular flexibility index (Phi) is 10.2. The van der Waals surface area contributed by atoms with E-state index in [-0.39, 0.29) is 37.1 Å². The van der Waals surface area contributed by atoms with Crippen LogP contribution in [0.5, 0.6) is 0 Å². The zero-order chi connectivity index (χ0) is 25.8. The van der Waals surface area contributed by atoms with Crippen LogP contribution in [0.15, 0.2) is 30.3 Å². The quantitative estimate of drug-likeness (QED) is 0.297. The number of nitrogens with one attached hydrogen (secondary N) is 3. The van der Waals surface area contributed by atoms with Crippen molar-refractivity contribution >= 4 is 23.7 Å². The predicted molar refractivity (Wildman–Crippen MR) is 128 cm³/mol. The van der Waals surface area contributed by atoms with Crippen LogP contribution in [0.3, 0.4) is 0 Å². The highest BCUT2D eigenvalue weighted by atomic mass is 16.4. The van der Waals surface area contributed by atoms with Crippen molar-refractivity contribution in [2.24, 2.45) is 5.92 Å². The van der Waals surface area contributed by atoms with Gasteiger partial charge in [-0.1, -0.05) is 43.2 Å². The van der Waals surface area contributed by atoms with E-state index in [1.807, 2.05) is 30.3 Å². The number of carbonyl (C=O) groups excluding carboxylic acids is 3. The molecule has 1 aliphatic carbocycles. The summed E-state index contributed by atoms with van der Waals surface area (Å²) in [6.45, 7) is 0.544. The second-order valence-corrected chi connectivity index (χ2v) is 8.78. The van der Waals surface area contributed by atoms with Crippen molar-refractivity contribution in [3.05, 3.63) is 47.5 Å². The van der Waals surface area contributed by atoms with Crippen LogP contribution < -0.4 is 16.0 Å². The van der Waals surface area contributed by atoms with Gasteiger partial charge in [-0.05, 0) is 43.6 Å². The Morgan fingerprint density at radius 3 is 2.11 bits per heavy atom. The minimum atomic E-state index is -1.07. The zero-order valence-electron chi connectivity index (χ0n) is 20.0. The molecule has 3 rings (SSSR count). The normalized spacial score (nSPS) is 14.1. The largest absolute Gasteiger partial charge is 0.480 e. The van der Waals surface area contributed by atoms with Gasteiger partial charge in [0.15, 0.2) is 0 Å². The Labute approximate surface area is 208 Å². The second-order valence-electron chi connectivity index (χ2n) is 8.78. The lowest BCUT2D eigenvalue weighted by molar-refractivity contribution is -0.142. The molecular formula is C24H31N7O5. The molecule has 1 saturated carbocycles. The van der Waals surface area contributed by atoms with Gasteiger partial charge in [-0.3, -0.25) is 14.4 Å². The van der Waals surface area contributed by atoms with Crippen molar-refractivity contribution < 1.29 is 24.3 Å². The van der Waals surface area contributed by atoms with Gasteiger partial charge in [-0.2, -0.15) is 0 Å². The average Bonchev–Trinajstić information content (AvgIpc) is 3.39. The fourth-order valence-electron chi connectivity index (χ4n) is 4.01. The van der Waals surface area contributed by atoms with Crippen LogP contribution in [0.2, 0.25) is 0 Å². The molecule has 1 aliphatic rings. The topological polar surface area (TPSA) is 176 Å². The Morgan fingerprint density at radius 1 is 0.889 bits per heavy atom. The first-order chi connectivity index (χ1) is 17.4. The number of aliphatic carboxylic acids is 1. The Hall–Kier alpha value is -3.96. The van der Waals surface area contributed by atoms with Crippen LogP contribution in [0.4, 0.5) is 0 Å². The molecule has 1 heterocycles. The summed E-state index contributed by atoms with van der Waals surface area (Å²) in [5.41, 5.74) is 0.906. The summed E-state index contributed by atoms with van der Waals surface area (Å²) in [7, 11) is 0. The molecule has 192 valence electrons. The van der Waals surface area contributed by atoms with E-state index >= 15 is 0 Å². The number of carboxylic acid groups (broad SMARTS) is 1. The zero-order valence-corrected chi connectivity index (χ0v) is 20.0. The molecule has 36 heavy (non-hydrogen) atoms. The fourth-order valence-corrected chi connectivity index (χ4v) is 4.01. The van der Waals surface area contributed by atoms with Crippen molar-refractivity contribution in [2.75, 3.05) is 6.54 Å². The highest BCUT2D eigenvalue weighted by molar-refractivity contribution is 5.91. The van der Waals surface area contributed by atoms with Gasteiger partial charge < -0.3 is 21.1 Å². The van der Waals surface area contributed by atoms with Crippen molar-refractivity contribution in [1.82, 2.24) is 36.3 Å². The Balaban J connectivity index is 1.34. The van der Waals surface area contributed by atoms with Crippen LogP contribution in [0.25, 0.3) is 0 Å². The smallest absolute Gasteiger partial charge is 0.326 e. The van der Waals surface area contributed by atoms with E-state index in [4.69, 9.17) is 0 Å². The highest BCUT2D eigenvalue weighted by Gasteiger charge is 2.23. The molecule has 2 aromatic rings. The van der Waals surface area contributed by atoms with Crippen LogP contribution in [-0.2, 0) is 16.1 Å². The molecule has 4 N–H and O–H groups in total. The lowest BCUT2D eigenvalue weighted by atomic mass is 10.0. The molecule has 3 amide bonds. The summed E-state index contributed by atoms with van der Waals surface area (Å²) in [5, 5.41) is 31.9. The molecule has 12 nitrogen and oxygen atoms in total. The summed E-state index contributed by atoms with van der Waals surface area (Å²) >= 11 is 0. The van der Waals surface area contributed by atoms with Gasteiger partial charge in [0.25, 0.3) is 23.5 Å². The molecule has 0 aliphatic heterocycles. The van der Waals surface area contributed by atoms with Gasteiger partial charge in [0, 0.05) is 19.5 Å². The maximum absolute atomic E-state index is 12.2. The van der Waals surface area contributed by atoms with Gasteiger partial charge in [0.1, 0.15) is 6.04 Å². The van der Waals surface area contributed by atoms with E-state index in [0.29, 0.717) is 25.2 Å². The number of carbonyl (C=O) groups is 4. The van der Waals surface area contributed by atoms with Crippen molar-refractivity contribution in [1.29, 1.82) is 0 Å². The summed E-state index contributed by atoms with van der Waals surface area (Å²) in [4.78, 5) is 47.9. The third kappa shape index (κ3) is 8.67. The van der Waals surface area contributed by atoms with Crippen molar-refractivity contribution in [2.45, 2.75) is 64.0 Å². The number of hydrogen-bond acceptors (Lipinski definition) is 8. The van der Waals surface area contributed by atoms with E-state index in [1.54, 1.807) is 0 Å². The summed E-state index contributed by atoms with van der Waals surface area (Å²) < 4.78 is 0. The predicted octanol–water partition coefficient (Wildman–Crippen LogP) is 1.25. The molecule has 0 bridgehead atoms. The third-order valence-corrected chi connectivity index (χ3v) is 5.97. The van der Waals surface area contributed by atoms with Crippen molar-refractivity contribution in [3.8, 4) is 0 Å². The number of hydrogen-bond donors (Lipinski definition) is 4. The lowest BCUT2D eigenvalue weighted by Gasteiger charge is -2.16. The van der Waals surface area contributed by atoms with E-state index in [2.05, 4.69) is 36.3 Å². The summed E-state index contributed by atoms with van der Waals surface area (Å²) in [6.07, 6.45) is 5.89. The first kappa shape index (κ1) is 26.6. The number of amides is 3. The molecular weight excluding hydrogens is 466 g/mol. The maximum Gasteiger partial charge on any atom is 0.326 e. The molecule has 1 fully saturated rings. The molecule has 0 spiro atoms. The molecule has 1 unspecified atom stereocenters. The third-order valence-electron chi connectivity index (χ3n) is 5.97. The highest BCUT2D eigenvalue weighted by Crippen LogP contribution is 2.27. The van der Waals surface area contributed by atoms with Gasteiger partial charge >= 0.3 is 5.97 Å². The number of unbranched alkanes of at least 4 members (excludes halogenated alkanes) is 1. The molecule has 0 saturated heterocycles. The van der Waals surface area contributed by atoms with Gasteiger partial charge in [0.2, 0.25) is 5.91 Å². The molecule has 0 radical (unpaired) electrons. The molecule has 1 atom stereocenters. The SMILES string of the molecule is O=C(CC1CCCC1)NC(CCCCNC(=O)c1nnc(C(=O)NCc2ccccc2)nn1)C(=O)O. The van der Waals surface area contributed by atoms with Crippen molar-refractivity contribution in [3.63, 3.8) is 0 Å². The first-order valence-electron chi connectivity index (χ1n) is 12.1. The average molecular weight is 498 g/mol. The van der Waals surface area contributed by atoms with Crippen LogP contribution in [-0.4, -0.2) is 61.8 Å². The van der Waals surface area contributed by atoms with E-state index < -0.39 is 23.8 Å². The number of aromatic nitrogens is 4. The standard InChI is InChI=1S/C24H31N7O5/c32-19(14-16-8-4-5-9-16)27-18(24(35)36)12-6-7-13-25-22(33)20-28-30-21(31-29-20)23(34)26-15-17-10-2-1-3-11-17/h1-3,10-11,16,18H,4-9,12-15H2,(H,25,33)(H,26,34)(H,27,32)(H,35,36). The Morgan fingerprint density at radius 2 is 1.50 bits per heavy atom. The first-order valence-corrected chi connectivity index (χ1v) is 12.1. The number of carboxylic acids is 1. The monoisotopic (exact) mass is 497 g/mol. The minimum absolute atomic E-state index is 0.225. The molecule has 12 heteroatoms. The number of nitrogens with zero attached hydrogens (tertiary/aromatic N) is 4. The van der Waals surface area contributed by atoms with Crippen LogP contribution >= 0.6 is 0 Å². The van der Waals surface area contributed by atoms with Gasteiger partial charge in [-0.25, -0.2) is 4.79 Å². The summed E-state index contributed by atoms with van der Waals surface area (Å²) in [6, 6.07) is 8.35. The van der Waals surface area contributed by atoms with E-state index in [9.17, 15) is 24.3 Å². The second kappa shape index (κ2) is 13.8. The van der Waals surface area contributed by atoms with Gasteiger partial charge in [-0.15, -0.1) is 20.4 Å². The number of benzene rings is 1.